The first-order chi connectivity index (χ1) is 8.16. The zero-order valence-electron chi connectivity index (χ0n) is 12.6. The van der Waals surface area contributed by atoms with Crippen LogP contribution in [0.4, 0.5) is 0 Å². The molecular weight excluding hydrogens is 250 g/mol. The van der Waals surface area contributed by atoms with Crippen LogP contribution in [0.15, 0.2) is 0 Å². The predicted octanol–water partition coefficient (Wildman–Crippen LogP) is 2.21. The molecule has 0 aliphatic carbocycles. The smallest absolute Gasteiger partial charge is 0.179 e. The highest BCUT2D eigenvalue weighted by Gasteiger charge is 2.54. The van der Waals surface area contributed by atoms with Crippen molar-refractivity contribution < 1.29 is 14.0 Å². The summed E-state index contributed by atoms with van der Waals surface area (Å²) >= 11 is -1.14. The van der Waals surface area contributed by atoms with Gasteiger partial charge in [-0.2, -0.15) is 0 Å². The van der Waals surface area contributed by atoms with Crippen LogP contribution in [0.5, 0.6) is 0 Å². The van der Waals surface area contributed by atoms with E-state index in [1.807, 2.05) is 27.7 Å². The van der Waals surface area contributed by atoms with Gasteiger partial charge in [-0.25, -0.2) is 0 Å². The Kier molecular flexibility index (Phi) is 5.12. The lowest BCUT2D eigenvalue weighted by Crippen LogP contribution is -2.59. The molecule has 5 heteroatoms. The van der Waals surface area contributed by atoms with Gasteiger partial charge in [-0.1, -0.05) is 13.8 Å². The molecule has 1 aliphatic rings. The molecule has 1 aliphatic heterocycles. The highest BCUT2D eigenvalue weighted by Crippen LogP contribution is 2.39. The minimum Gasteiger partial charge on any atom is -0.598 e. The van der Waals surface area contributed by atoms with Crippen molar-refractivity contribution in [2.75, 3.05) is 7.11 Å². The summed E-state index contributed by atoms with van der Waals surface area (Å²) in [5.74, 6) is 0.249. The van der Waals surface area contributed by atoms with Crippen molar-refractivity contribution in [3.63, 3.8) is 0 Å². The van der Waals surface area contributed by atoms with E-state index in [1.54, 1.807) is 7.11 Å². The summed E-state index contributed by atoms with van der Waals surface area (Å²) in [7, 11) is 1.63. The molecule has 0 aromatic heterocycles. The summed E-state index contributed by atoms with van der Waals surface area (Å²) < 4.78 is 26.6. The summed E-state index contributed by atoms with van der Waals surface area (Å²) in [5, 5.41) is 0. The number of nitrogens with one attached hydrogen (secondary N) is 1. The summed E-state index contributed by atoms with van der Waals surface area (Å²) in [6, 6.07) is 0. The number of hydrogen-bond donors (Lipinski definition) is 1. The Morgan fingerprint density at radius 1 is 1.44 bits per heavy atom. The van der Waals surface area contributed by atoms with E-state index in [9.17, 15) is 4.55 Å². The minimum absolute atomic E-state index is 0.143. The summed E-state index contributed by atoms with van der Waals surface area (Å²) in [6.07, 6.45) is 0.716. The topological polar surface area (TPSA) is 53.5 Å². The van der Waals surface area contributed by atoms with E-state index in [1.165, 1.54) is 0 Å². The second-order valence-corrected chi connectivity index (χ2v) is 8.17. The van der Waals surface area contributed by atoms with Gasteiger partial charge in [0.1, 0.15) is 10.3 Å². The van der Waals surface area contributed by atoms with E-state index in [-0.39, 0.29) is 23.1 Å². The van der Waals surface area contributed by atoms with Gasteiger partial charge < -0.3 is 14.0 Å². The van der Waals surface area contributed by atoms with Crippen molar-refractivity contribution in [2.45, 2.75) is 70.6 Å². The van der Waals surface area contributed by atoms with E-state index in [0.717, 1.165) is 6.42 Å². The lowest BCUT2D eigenvalue weighted by molar-refractivity contribution is -0.137. The average Bonchev–Trinajstić information content (AvgIpc) is 2.50. The van der Waals surface area contributed by atoms with Gasteiger partial charge >= 0.3 is 0 Å². The molecule has 0 saturated carbocycles. The van der Waals surface area contributed by atoms with Crippen LogP contribution in [0.3, 0.4) is 0 Å². The van der Waals surface area contributed by atoms with Crippen LogP contribution in [-0.4, -0.2) is 34.3 Å². The fourth-order valence-corrected chi connectivity index (χ4v) is 3.25. The third-order valence-corrected chi connectivity index (χ3v) is 5.51. The molecule has 4 nitrogen and oxygen atoms in total. The fraction of sp³-hybridized carbons (Fsp3) is 1.00. The van der Waals surface area contributed by atoms with Crippen molar-refractivity contribution in [3.8, 4) is 0 Å². The van der Waals surface area contributed by atoms with Crippen LogP contribution in [0.25, 0.3) is 0 Å². The molecule has 18 heavy (non-hydrogen) atoms. The Labute approximate surface area is 114 Å². The monoisotopic (exact) mass is 277 g/mol. The first-order valence-electron chi connectivity index (χ1n) is 6.54. The van der Waals surface area contributed by atoms with Crippen LogP contribution < -0.4 is 4.72 Å². The first-order valence-corrected chi connectivity index (χ1v) is 7.69. The number of ether oxygens (including phenoxy) is 2. The maximum Gasteiger partial charge on any atom is 0.179 e. The second kappa shape index (κ2) is 5.67. The van der Waals surface area contributed by atoms with Crippen LogP contribution >= 0.6 is 0 Å². The van der Waals surface area contributed by atoms with Crippen molar-refractivity contribution in [1.29, 1.82) is 0 Å². The molecule has 1 N–H and O–H groups in total. The minimum atomic E-state index is -1.14. The third-order valence-electron chi connectivity index (χ3n) is 3.78. The Morgan fingerprint density at radius 2 is 2.00 bits per heavy atom. The molecule has 1 rings (SSSR count). The highest BCUT2D eigenvalue weighted by atomic mass is 32.2. The Bertz CT molecular complexity index is 278. The molecule has 1 heterocycles. The highest BCUT2D eigenvalue weighted by molar-refractivity contribution is 7.90. The second-order valence-electron chi connectivity index (χ2n) is 6.20. The van der Waals surface area contributed by atoms with E-state index in [2.05, 4.69) is 18.6 Å². The van der Waals surface area contributed by atoms with Crippen LogP contribution in [0.2, 0.25) is 0 Å². The van der Waals surface area contributed by atoms with Crippen molar-refractivity contribution >= 4 is 11.4 Å². The van der Waals surface area contributed by atoms with Crippen LogP contribution in [0.1, 0.15) is 48.0 Å². The summed E-state index contributed by atoms with van der Waals surface area (Å²) in [5.41, 5.74) is -0.423. The van der Waals surface area contributed by atoms with E-state index in [4.69, 9.17) is 9.47 Å². The number of methoxy groups -OCH3 is 1. The first kappa shape index (κ1) is 16.2. The molecular formula is C13H27NO3S. The molecule has 5 atom stereocenters. The fourth-order valence-electron chi connectivity index (χ4n) is 2.26. The van der Waals surface area contributed by atoms with Crippen LogP contribution in [0, 0.1) is 5.92 Å². The maximum atomic E-state index is 12.3. The van der Waals surface area contributed by atoms with Gasteiger partial charge in [0.2, 0.25) is 0 Å². The third kappa shape index (κ3) is 3.02. The number of rotatable bonds is 4. The molecule has 1 saturated heterocycles. The largest absolute Gasteiger partial charge is 0.598 e. The molecule has 0 aromatic carbocycles. The summed E-state index contributed by atoms with van der Waals surface area (Å²) in [4.78, 5) is 0. The lowest BCUT2D eigenvalue weighted by Gasteiger charge is -2.36. The molecule has 0 spiro atoms. The van der Waals surface area contributed by atoms with Crippen LogP contribution in [-0.2, 0) is 20.8 Å². The molecule has 0 radical (unpaired) electrons. The maximum absolute atomic E-state index is 12.3. The quantitative estimate of drug-likeness (QED) is 0.801. The van der Waals surface area contributed by atoms with Crippen molar-refractivity contribution in [2.24, 2.45) is 5.92 Å². The van der Waals surface area contributed by atoms with Gasteiger partial charge in [0.25, 0.3) is 0 Å². The Morgan fingerprint density at radius 3 is 2.39 bits per heavy atom. The normalized spacial score (nSPS) is 39.0. The molecule has 108 valence electrons. The average molecular weight is 277 g/mol. The molecule has 0 amide bonds. The lowest BCUT2D eigenvalue weighted by atomic mass is 9.85. The number of hydrogen-bond acceptors (Lipinski definition) is 4. The van der Waals surface area contributed by atoms with Crippen molar-refractivity contribution in [3.05, 3.63) is 0 Å². The van der Waals surface area contributed by atoms with Gasteiger partial charge in [0.05, 0.1) is 6.10 Å². The Balaban J connectivity index is 2.88. The predicted molar refractivity (Wildman–Crippen MR) is 74.6 cm³/mol. The summed E-state index contributed by atoms with van der Waals surface area (Å²) in [6.45, 7) is 12.1. The van der Waals surface area contributed by atoms with Gasteiger partial charge in [0.15, 0.2) is 6.29 Å². The van der Waals surface area contributed by atoms with Gasteiger partial charge in [-0.05, 0) is 34.1 Å². The van der Waals surface area contributed by atoms with Gasteiger partial charge in [-0.3, -0.25) is 0 Å². The van der Waals surface area contributed by atoms with Gasteiger partial charge in [-0.15, -0.1) is 4.72 Å². The SMILES string of the molecule is CC[C@H]1O[C@H](OC)[C@](C)(N[S+]([O-])C(C)(C)C)[C@@H]1C. The molecule has 0 aromatic rings. The van der Waals surface area contributed by atoms with E-state index >= 15 is 0 Å². The Hall–Kier alpha value is 0.190. The molecule has 1 fully saturated rings. The zero-order chi connectivity index (χ0) is 14.1. The van der Waals surface area contributed by atoms with E-state index in [0.29, 0.717) is 0 Å². The molecule has 0 bridgehead atoms. The van der Waals surface area contributed by atoms with Crippen molar-refractivity contribution in [1.82, 2.24) is 4.72 Å². The van der Waals surface area contributed by atoms with E-state index < -0.39 is 16.9 Å². The van der Waals surface area contributed by atoms with Gasteiger partial charge in [0, 0.05) is 24.4 Å². The standard InChI is InChI=1S/C13H27NO3S/c1-8-10-9(2)13(6,11(16-7)17-10)14-18(15)12(3,4)5/h9-11,14H,8H2,1-7H3/t9-,10-,11+,13-,18?/m1/s1. The molecule has 1 unspecified atom stereocenters. The zero-order valence-corrected chi connectivity index (χ0v) is 13.4.